The number of rotatable bonds is 3. The third kappa shape index (κ3) is 3.23. The molecule has 6 nitrogen and oxygen atoms in total. The van der Waals surface area contributed by atoms with E-state index in [1.54, 1.807) is 30.5 Å². The van der Waals surface area contributed by atoms with Gasteiger partial charge in [0.05, 0.1) is 16.3 Å². The van der Waals surface area contributed by atoms with E-state index in [9.17, 15) is 4.79 Å². The molecule has 128 valence electrons. The molecule has 1 aromatic carbocycles. The molecule has 1 fully saturated rings. The maximum Gasteiger partial charge on any atom is 0.257 e. The largest absolute Gasteiger partial charge is 0.381 e. The van der Waals surface area contributed by atoms with Crippen LogP contribution in [-0.4, -0.2) is 33.7 Å². The van der Waals surface area contributed by atoms with Gasteiger partial charge in [-0.05, 0) is 37.1 Å². The molecule has 1 aliphatic rings. The lowest BCUT2D eigenvalue weighted by Crippen LogP contribution is -2.17. The summed E-state index contributed by atoms with van der Waals surface area (Å²) in [6.45, 7) is 1.46. The number of fused-ring (bicyclic) bond motifs is 1. The van der Waals surface area contributed by atoms with E-state index < -0.39 is 0 Å². The first-order valence-corrected chi connectivity index (χ1v) is 8.58. The maximum absolute atomic E-state index is 12.6. The van der Waals surface area contributed by atoms with Gasteiger partial charge in [0.25, 0.3) is 5.91 Å². The number of para-hydroxylation sites is 1. The minimum atomic E-state index is -0.221. The van der Waals surface area contributed by atoms with Crippen molar-refractivity contribution >= 4 is 28.8 Å². The molecule has 1 saturated heterocycles. The highest BCUT2D eigenvalue weighted by atomic mass is 35.5. The molecule has 0 spiro atoms. The zero-order chi connectivity index (χ0) is 17.2. The first-order chi connectivity index (χ1) is 12.2. The van der Waals surface area contributed by atoms with Crippen molar-refractivity contribution in [3.05, 3.63) is 59.0 Å². The second kappa shape index (κ2) is 6.82. The van der Waals surface area contributed by atoms with E-state index in [1.165, 1.54) is 0 Å². The highest BCUT2D eigenvalue weighted by molar-refractivity contribution is 6.33. The SMILES string of the molecule is O=C(Nc1ccccc1Cl)c1ccc2nnc(C3CCOCC3)n2c1. The van der Waals surface area contributed by atoms with Crippen LogP contribution in [0.4, 0.5) is 5.69 Å². The Bertz CT molecular complexity index is 918. The summed E-state index contributed by atoms with van der Waals surface area (Å²) >= 11 is 6.11. The Kier molecular flexibility index (Phi) is 4.38. The number of halogens is 1. The fraction of sp³-hybridized carbons (Fsp3) is 0.278. The van der Waals surface area contributed by atoms with Gasteiger partial charge in [-0.15, -0.1) is 10.2 Å². The smallest absolute Gasteiger partial charge is 0.257 e. The molecule has 3 aromatic rings. The Hall–Kier alpha value is -2.44. The van der Waals surface area contributed by atoms with Crippen molar-refractivity contribution in [3.63, 3.8) is 0 Å². The maximum atomic E-state index is 12.6. The number of ether oxygens (including phenoxy) is 1. The van der Waals surface area contributed by atoms with E-state index in [-0.39, 0.29) is 5.91 Å². The number of amides is 1. The van der Waals surface area contributed by atoms with Gasteiger partial charge in [-0.1, -0.05) is 23.7 Å². The molecule has 4 rings (SSSR count). The summed E-state index contributed by atoms with van der Waals surface area (Å²) in [4.78, 5) is 12.6. The molecule has 0 aliphatic carbocycles. The number of aromatic nitrogens is 3. The number of hydrogen-bond donors (Lipinski definition) is 1. The lowest BCUT2D eigenvalue weighted by atomic mass is 9.99. The van der Waals surface area contributed by atoms with Gasteiger partial charge < -0.3 is 10.1 Å². The Morgan fingerprint density at radius 3 is 2.76 bits per heavy atom. The topological polar surface area (TPSA) is 68.5 Å². The molecule has 25 heavy (non-hydrogen) atoms. The molecule has 7 heteroatoms. The third-order valence-corrected chi connectivity index (χ3v) is 4.73. The van der Waals surface area contributed by atoms with Gasteiger partial charge in [0.1, 0.15) is 5.82 Å². The lowest BCUT2D eigenvalue weighted by molar-refractivity contribution is 0.0833. The Balaban J connectivity index is 1.64. The minimum absolute atomic E-state index is 0.221. The number of carbonyl (C=O) groups is 1. The van der Waals surface area contributed by atoms with E-state index in [0.717, 1.165) is 37.5 Å². The van der Waals surface area contributed by atoms with Gasteiger partial charge in [0.2, 0.25) is 0 Å². The van der Waals surface area contributed by atoms with Gasteiger partial charge in [-0.25, -0.2) is 0 Å². The van der Waals surface area contributed by atoms with Crippen LogP contribution in [0.25, 0.3) is 5.65 Å². The van der Waals surface area contributed by atoms with E-state index in [1.807, 2.05) is 16.5 Å². The van der Waals surface area contributed by atoms with Crippen molar-refractivity contribution < 1.29 is 9.53 Å². The molecule has 1 amide bonds. The van der Waals surface area contributed by atoms with Crippen LogP contribution in [0.5, 0.6) is 0 Å². The fourth-order valence-electron chi connectivity index (χ4n) is 3.03. The molecule has 2 aromatic heterocycles. The van der Waals surface area contributed by atoms with Crippen LogP contribution >= 0.6 is 11.6 Å². The van der Waals surface area contributed by atoms with Crippen molar-refractivity contribution in [2.45, 2.75) is 18.8 Å². The van der Waals surface area contributed by atoms with E-state index in [4.69, 9.17) is 16.3 Å². The van der Waals surface area contributed by atoms with Crippen LogP contribution in [0, 0.1) is 0 Å². The second-order valence-electron chi connectivity index (χ2n) is 6.02. The predicted octanol–water partition coefficient (Wildman–Crippen LogP) is 3.53. The van der Waals surface area contributed by atoms with Crippen LogP contribution in [0.1, 0.15) is 34.9 Å². The Labute approximate surface area is 149 Å². The number of nitrogens with one attached hydrogen (secondary N) is 1. The van der Waals surface area contributed by atoms with Crippen LogP contribution in [0.3, 0.4) is 0 Å². The first-order valence-electron chi connectivity index (χ1n) is 8.20. The monoisotopic (exact) mass is 356 g/mol. The highest BCUT2D eigenvalue weighted by Gasteiger charge is 2.21. The summed E-state index contributed by atoms with van der Waals surface area (Å²) in [6.07, 6.45) is 3.61. The number of benzene rings is 1. The summed E-state index contributed by atoms with van der Waals surface area (Å²) in [6, 6.07) is 10.7. The molecular weight excluding hydrogens is 340 g/mol. The predicted molar refractivity (Wildman–Crippen MR) is 95.2 cm³/mol. The number of nitrogens with zero attached hydrogens (tertiary/aromatic N) is 3. The summed E-state index contributed by atoms with van der Waals surface area (Å²) in [5.74, 6) is 0.956. The van der Waals surface area contributed by atoms with Crippen LogP contribution in [-0.2, 0) is 4.74 Å². The average Bonchev–Trinajstić information content (AvgIpc) is 3.07. The standard InChI is InChI=1S/C18H17ClN4O2/c19-14-3-1-2-4-15(14)20-18(24)13-5-6-16-21-22-17(23(16)11-13)12-7-9-25-10-8-12/h1-6,11-12H,7-10H2,(H,20,24). The molecule has 3 heterocycles. The summed E-state index contributed by atoms with van der Waals surface area (Å²) in [5, 5.41) is 11.9. The van der Waals surface area contributed by atoms with Crippen LogP contribution in [0.15, 0.2) is 42.6 Å². The molecular formula is C18H17ClN4O2. The molecule has 1 aliphatic heterocycles. The Morgan fingerprint density at radius 1 is 1.16 bits per heavy atom. The number of carbonyl (C=O) groups excluding carboxylic acids is 1. The van der Waals surface area contributed by atoms with E-state index in [0.29, 0.717) is 22.2 Å². The molecule has 0 saturated carbocycles. The highest BCUT2D eigenvalue weighted by Crippen LogP contribution is 2.26. The van der Waals surface area contributed by atoms with Gasteiger partial charge in [-0.2, -0.15) is 0 Å². The summed E-state index contributed by atoms with van der Waals surface area (Å²) in [5.41, 5.74) is 1.85. The van der Waals surface area contributed by atoms with Gasteiger partial charge in [0, 0.05) is 25.3 Å². The van der Waals surface area contributed by atoms with Crippen molar-refractivity contribution in [2.24, 2.45) is 0 Å². The van der Waals surface area contributed by atoms with E-state index >= 15 is 0 Å². The average molecular weight is 357 g/mol. The zero-order valence-corrected chi connectivity index (χ0v) is 14.2. The molecule has 1 N–H and O–H groups in total. The van der Waals surface area contributed by atoms with Crippen LogP contribution in [0.2, 0.25) is 5.02 Å². The Morgan fingerprint density at radius 2 is 1.96 bits per heavy atom. The normalized spacial score (nSPS) is 15.4. The first kappa shape index (κ1) is 16.1. The van der Waals surface area contributed by atoms with Crippen molar-refractivity contribution in [3.8, 4) is 0 Å². The van der Waals surface area contributed by atoms with Gasteiger partial charge >= 0.3 is 0 Å². The quantitative estimate of drug-likeness (QED) is 0.779. The lowest BCUT2D eigenvalue weighted by Gasteiger charge is -2.20. The summed E-state index contributed by atoms with van der Waals surface area (Å²) < 4.78 is 7.32. The minimum Gasteiger partial charge on any atom is -0.381 e. The van der Waals surface area contributed by atoms with Gasteiger partial charge in [-0.3, -0.25) is 9.20 Å². The van der Waals surface area contributed by atoms with E-state index in [2.05, 4.69) is 15.5 Å². The number of hydrogen-bond acceptors (Lipinski definition) is 4. The van der Waals surface area contributed by atoms with Crippen molar-refractivity contribution in [1.29, 1.82) is 0 Å². The number of pyridine rings is 1. The second-order valence-corrected chi connectivity index (χ2v) is 6.43. The zero-order valence-electron chi connectivity index (χ0n) is 13.5. The molecule has 0 atom stereocenters. The third-order valence-electron chi connectivity index (χ3n) is 4.40. The molecule has 0 bridgehead atoms. The van der Waals surface area contributed by atoms with Gasteiger partial charge in [0.15, 0.2) is 5.65 Å². The molecule has 0 radical (unpaired) electrons. The number of anilines is 1. The van der Waals surface area contributed by atoms with Crippen molar-refractivity contribution in [1.82, 2.24) is 14.6 Å². The van der Waals surface area contributed by atoms with Crippen LogP contribution < -0.4 is 5.32 Å². The fourth-order valence-corrected chi connectivity index (χ4v) is 3.22. The molecule has 0 unspecified atom stereocenters. The summed E-state index contributed by atoms with van der Waals surface area (Å²) in [7, 11) is 0. The van der Waals surface area contributed by atoms with Crippen molar-refractivity contribution in [2.75, 3.05) is 18.5 Å².